The van der Waals surface area contributed by atoms with Crippen LogP contribution in [0, 0.1) is 0 Å². The number of hydrogen-bond acceptors (Lipinski definition) is 3. The number of amides is 1. The minimum absolute atomic E-state index is 0.171. The van der Waals surface area contributed by atoms with Crippen LogP contribution in [0.1, 0.15) is 10.4 Å². The molecule has 1 amide bonds. The molecule has 0 saturated carbocycles. The molecule has 0 aromatic carbocycles. The molecule has 5 nitrogen and oxygen atoms in total. The van der Waals surface area contributed by atoms with Crippen molar-refractivity contribution < 1.29 is 4.79 Å². The number of anilines is 1. The lowest BCUT2D eigenvalue weighted by atomic mass is 10.2. The largest absolute Gasteiger partial charge is 0.319 e. The third kappa shape index (κ3) is 2.50. The van der Waals surface area contributed by atoms with E-state index in [0.29, 0.717) is 11.3 Å². The SMILES string of the molecule is O=C(Nc1cn[nH]c1)c1cc(Cl)nc(Cl)c1. The Kier molecular flexibility index (Phi) is 3.07. The van der Waals surface area contributed by atoms with Crippen LogP contribution in [-0.4, -0.2) is 21.1 Å². The fraction of sp³-hybridized carbons (Fsp3) is 0. The van der Waals surface area contributed by atoms with Crippen LogP contribution in [0.2, 0.25) is 10.3 Å². The number of H-pyrrole nitrogens is 1. The van der Waals surface area contributed by atoms with Gasteiger partial charge in [-0.15, -0.1) is 0 Å². The molecule has 2 heterocycles. The van der Waals surface area contributed by atoms with Crippen molar-refractivity contribution in [1.82, 2.24) is 15.2 Å². The van der Waals surface area contributed by atoms with Crippen LogP contribution in [0.5, 0.6) is 0 Å². The number of pyridine rings is 1. The van der Waals surface area contributed by atoms with E-state index in [1.54, 1.807) is 6.20 Å². The first-order valence-electron chi connectivity index (χ1n) is 4.28. The van der Waals surface area contributed by atoms with E-state index in [-0.39, 0.29) is 16.2 Å². The number of halogens is 2. The Morgan fingerprint density at radius 2 is 2.00 bits per heavy atom. The highest BCUT2D eigenvalue weighted by Crippen LogP contribution is 2.15. The molecule has 2 aromatic rings. The topological polar surface area (TPSA) is 70.7 Å². The molecule has 7 heteroatoms. The molecule has 0 spiro atoms. The van der Waals surface area contributed by atoms with Gasteiger partial charge in [0.15, 0.2) is 0 Å². The third-order valence-electron chi connectivity index (χ3n) is 1.78. The van der Waals surface area contributed by atoms with Crippen molar-refractivity contribution in [3.8, 4) is 0 Å². The lowest BCUT2D eigenvalue weighted by Gasteiger charge is -2.02. The van der Waals surface area contributed by atoms with E-state index in [1.165, 1.54) is 18.3 Å². The number of nitrogens with zero attached hydrogens (tertiary/aromatic N) is 2. The molecule has 0 aliphatic carbocycles. The Labute approximate surface area is 101 Å². The van der Waals surface area contributed by atoms with Crippen LogP contribution in [0.25, 0.3) is 0 Å². The molecular formula is C9H6Cl2N4O. The summed E-state index contributed by atoms with van der Waals surface area (Å²) in [6, 6.07) is 2.87. The second-order valence-electron chi connectivity index (χ2n) is 2.94. The van der Waals surface area contributed by atoms with Crippen molar-refractivity contribution in [3.63, 3.8) is 0 Å². The van der Waals surface area contributed by atoms with Gasteiger partial charge in [-0.1, -0.05) is 23.2 Å². The molecule has 2 aromatic heterocycles. The molecule has 82 valence electrons. The lowest BCUT2D eigenvalue weighted by molar-refractivity contribution is 0.102. The Hall–Kier alpha value is -1.59. The van der Waals surface area contributed by atoms with Crippen LogP contribution >= 0.6 is 23.2 Å². The van der Waals surface area contributed by atoms with E-state index in [0.717, 1.165) is 0 Å². The van der Waals surface area contributed by atoms with E-state index < -0.39 is 0 Å². The second kappa shape index (κ2) is 4.51. The van der Waals surface area contributed by atoms with Crippen molar-refractivity contribution in [2.75, 3.05) is 5.32 Å². The fourth-order valence-electron chi connectivity index (χ4n) is 1.12. The minimum Gasteiger partial charge on any atom is -0.319 e. The molecule has 0 aliphatic heterocycles. The predicted octanol–water partition coefficient (Wildman–Crippen LogP) is 2.36. The first kappa shape index (κ1) is 10.9. The van der Waals surface area contributed by atoms with Crippen molar-refractivity contribution in [3.05, 3.63) is 40.4 Å². The maximum atomic E-state index is 11.7. The second-order valence-corrected chi connectivity index (χ2v) is 3.72. The van der Waals surface area contributed by atoms with Gasteiger partial charge in [0.25, 0.3) is 5.91 Å². The maximum absolute atomic E-state index is 11.7. The van der Waals surface area contributed by atoms with Crippen molar-refractivity contribution in [1.29, 1.82) is 0 Å². The number of aromatic nitrogens is 3. The van der Waals surface area contributed by atoms with Gasteiger partial charge in [-0.05, 0) is 12.1 Å². The highest BCUT2D eigenvalue weighted by Gasteiger charge is 2.09. The molecule has 0 fully saturated rings. The van der Waals surface area contributed by atoms with Gasteiger partial charge in [-0.3, -0.25) is 9.89 Å². The first-order valence-corrected chi connectivity index (χ1v) is 5.04. The molecule has 0 saturated heterocycles. The summed E-state index contributed by atoms with van der Waals surface area (Å²) in [6.45, 7) is 0. The summed E-state index contributed by atoms with van der Waals surface area (Å²) in [5, 5.41) is 9.24. The van der Waals surface area contributed by atoms with E-state index in [9.17, 15) is 4.79 Å². The monoisotopic (exact) mass is 256 g/mol. The quantitative estimate of drug-likeness (QED) is 0.811. The number of rotatable bonds is 2. The molecule has 0 aliphatic rings. The van der Waals surface area contributed by atoms with Gasteiger partial charge in [-0.25, -0.2) is 4.98 Å². The predicted molar refractivity (Wildman–Crippen MR) is 60.8 cm³/mol. The van der Waals surface area contributed by atoms with E-state index in [1.807, 2.05) is 0 Å². The van der Waals surface area contributed by atoms with Gasteiger partial charge in [0, 0.05) is 11.8 Å². The van der Waals surface area contributed by atoms with Gasteiger partial charge in [0.05, 0.1) is 11.9 Å². The number of aromatic amines is 1. The number of carbonyl (C=O) groups excluding carboxylic acids is 1. The summed E-state index contributed by atoms with van der Waals surface area (Å²) < 4.78 is 0. The van der Waals surface area contributed by atoms with Crippen LogP contribution in [0.15, 0.2) is 24.5 Å². The number of nitrogens with one attached hydrogen (secondary N) is 2. The lowest BCUT2D eigenvalue weighted by Crippen LogP contribution is -2.11. The van der Waals surface area contributed by atoms with Crippen LogP contribution in [0.3, 0.4) is 0 Å². The molecule has 0 unspecified atom stereocenters. The molecule has 0 radical (unpaired) electrons. The Bertz CT molecular complexity index is 492. The summed E-state index contributed by atoms with van der Waals surface area (Å²) >= 11 is 11.4. The Morgan fingerprint density at radius 1 is 1.31 bits per heavy atom. The average Bonchev–Trinajstić information content (AvgIpc) is 2.68. The van der Waals surface area contributed by atoms with E-state index >= 15 is 0 Å². The van der Waals surface area contributed by atoms with Crippen molar-refractivity contribution >= 4 is 34.8 Å². The summed E-state index contributed by atoms with van der Waals surface area (Å²) in [4.78, 5) is 15.5. The van der Waals surface area contributed by atoms with Crippen LogP contribution < -0.4 is 5.32 Å². The molecule has 16 heavy (non-hydrogen) atoms. The summed E-state index contributed by atoms with van der Waals surface area (Å²) in [5.74, 6) is -0.326. The number of hydrogen-bond donors (Lipinski definition) is 2. The van der Waals surface area contributed by atoms with Crippen molar-refractivity contribution in [2.24, 2.45) is 0 Å². The average molecular weight is 257 g/mol. The Morgan fingerprint density at radius 3 is 2.56 bits per heavy atom. The normalized spacial score (nSPS) is 10.1. The van der Waals surface area contributed by atoms with Crippen LogP contribution in [0.4, 0.5) is 5.69 Å². The van der Waals surface area contributed by atoms with Gasteiger partial charge in [-0.2, -0.15) is 5.10 Å². The zero-order valence-corrected chi connectivity index (χ0v) is 9.38. The maximum Gasteiger partial charge on any atom is 0.255 e. The molecular weight excluding hydrogens is 251 g/mol. The summed E-state index contributed by atoms with van der Waals surface area (Å²) in [6.07, 6.45) is 3.05. The number of carbonyl (C=O) groups is 1. The summed E-state index contributed by atoms with van der Waals surface area (Å²) in [5.41, 5.74) is 0.903. The molecule has 2 N–H and O–H groups in total. The van der Waals surface area contributed by atoms with Crippen LogP contribution in [-0.2, 0) is 0 Å². The third-order valence-corrected chi connectivity index (χ3v) is 2.17. The van der Waals surface area contributed by atoms with Gasteiger partial charge >= 0.3 is 0 Å². The van der Waals surface area contributed by atoms with Gasteiger partial charge < -0.3 is 5.32 Å². The highest BCUT2D eigenvalue weighted by atomic mass is 35.5. The minimum atomic E-state index is -0.326. The molecule has 0 atom stereocenters. The van der Waals surface area contributed by atoms with Gasteiger partial charge in [0.2, 0.25) is 0 Å². The zero-order valence-electron chi connectivity index (χ0n) is 7.87. The first-order chi connectivity index (χ1) is 7.65. The zero-order chi connectivity index (χ0) is 11.5. The van der Waals surface area contributed by atoms with Gasteiger partial charge in [0.1, 0.15) is 10.3 Å². The fourth-order valence-corrected chi connectivity index (χ4v) is 1.58. The Balaban J connectivity index is 2.21. The molecule has 2 rings (SSSR count). The van der Waals surface area contributed by atoms with Crippen molar-refractivity contribution in [2.45, 2.75) is 0 Å². The highest BCUT2D eigenvalue weighted by molar-refractivity contribution is 6.33. The van der Waals surface area contributed by atoms with E-state index in [4.69, 9.17) is 23.2 Å². The van der Waals surface area contributed by atoms with E-state index in [2.05, 4.69) is 20.5 Å². The smallest absolute Gasteiger partial charge is 0.255 e. The standard InChI is InChI=1S/C9H6Cl2N4O/c10-7-1-5(2-8(11)15-7)9(16)14-6-3-12-13-4-6/h1-4H,(H,12,13)(H,14,16). The summed E-state index contributed by atoms with van der Waals surface area (Å²) in [7, 11) is 0. The molecule has 0 bridgehead atoms.